The summed E-state index contributed by atoms with van der Waals surface area (Å²) in [5.74, 6) is 0.926. The number of halogens is 1. The first kappa shape index (κ1) is 11.1. The maximum Gasteiger partial charge on any atom is 0.0410 e. The van der Waals surface area contributed by atoms with Crippen molar-refractivity contribution in [1.82, 2.24) is 10.3 Å². The molecule has 0 aromatic carbocycles. The van der Waals surface area contributed by atoms with E-state index in [0.717, 1.165) is 16.8 Å². The topological polar surface area (TPSA) is 24.9 Å². The van der Waals surface area contributed by atoms with E-state index in [9.17, 15) is 0 Å². The van der Waals surface area contributed by atoms with Crippen molar-refractivity contribution >= 4 is 15.9 Å². The van der Waals surface area contributed by atoms with E-state index < -0.39 is 0 Å². The van der Waals surface area contributed by atoms with E-state index in [4.69, 9.17) is 0 Å². The summed E-state index contributed by atoms with van der Waals surface area (Å²) < 4.78 is 1.08. The van der Waals surface area contributed by atoms with E-state index in [1.54, 1.807) is 0 Å². The molecule has 15 heavy (non-hydrogen) atoms. The Bertz CT molecular complexity index is 323. The Labute approximate surface area is 99.6 Å². The normalized spacial score (nSPS) is 17.7. The van der Waals surface area contributed by atoms with Crippen LogP contribution in [0.3, 0.4) is 0 Å². The quantitative estimate of drug-likeness (QED) is 0.889. The number of aromatic nitrogens is 1. The van der Waals surface area contributed by atoms with E-state index in [1.165, 1.54) is 24.8 Å². The maximum atomic E-state index is 4.18. The van der Waals surface area contributed by atoms with Gasteiger partial charge in [0.1, 0.15) is 0 Å². The number of rotatable bonds is 5. The van der Waals surface area contributed by atoms with Gasteiger partial charge in [0.2, 0.25) is 0 Å². The van der Waals surface area contributed by atoms with Crippen LogP contribution in [0.25, 0.3) is 0 Å². The smallest absolute Gasteiger partial charge is 0.0410 e. The number of hydrogen-bond donors (Lipinski definition) is 1. The molecule has 1 aromatic heterocycles. The monoisotopic (exact) mass is 268 g/mol. The molecule has 1 fully saturated rings. The van der Waals surface area contributed by atoms with Gasteiger partial charge in [-0.3, -0.25) is 4.98 Å². The Morgan fingerprint density at radius 1 is 1.53 bits per heavy atom. The Hall–Kier alpha value is -0.410. The Morgan fingerprint density at radius 3 is 2.93 bits per heavy atom. The molecule has 1 saturated carbocycles. The number of nitrogens with one attached hydrogen (secondary N) is 1. The molecule has 0 amide bonds. The Balaban J connectivity index is 1.86. The van der Waals surface area contributed by atoms with E-state index in [1.807, 2.05) is 12.4 Å². The average molecular weight is 269 g/mol. The van der Waals surface area contributed by atoms with Crippen LogP contribution in [-0.2, 0) is 6.42 Å². The van der Waals surface area contributed by atoms with Crippen molar-refractivity contribution in [3.63, 3.8) is 0 Å². The second kappa shape index (κ2) is 5.08. The van der Waals surface area contributed by atoms with Crippen LogP contribution in [0.15, 0.2) is 22.9 Å². The summed E-state index contributed by atoms with van der Waals surface area (Å²) in [5, 5.41) is 3.42. The molecule has 1 atom stereocenters. The summed E-state index contributed by atoms with van der Waals surface area (Å²) >= 11 is 3.45. The first-order chi connectivity index (χ1) is 7.29. The highest BCUT2D eigenvalue weighted by molar-refractivity contribution is 9.10. The molecule has 0 spiro atoms. The molecule has 1 aromatic rings. The number of hydrogen-bond acceptors (Lipinski definition) is 2. The van der Waals surface area contributed by atoms with Gasteiger partial charge in [0.05, 0.1) is 0 Å². The highest BCUT2D eigenvalue weighted by Gasteiger charge is 2.29. The third-order valence-electron chi connectivity index (χ3n) is 3.07. The van der Waals surface area contributed by atoms with Crippen molar-refractivity contribution in [3.05, 3.63) is 28.5 Å². The minimum absolute atomic E-state index is 0.698. The largest absolute Gasteiger partial charge is 0.317 e. The van der Waals surface area contributed by atoms with Crippen molar-refractivity contribution in [2.45, 2.75) is 31.7 Å². The van der Waals surface area contributed by atoms with Crippen LogP contribution in [0.4, 0.5) is 0 Å². The van der Waals surface area contributed by atoms with Gasteiger partial charge < -0.3 is 5.32 Å². The van der Waals surface area contributed by atoms with Gasteiger partial charge in [0.15, 0.2) is 0 Å². The minimum atomic E-state index is 0.698. The number of pyridine rings is 1. The van der Waals surface area contributed by atoms with Crippen LogP contribution in [0.1, 0.15) is 24.8 Å². The second-order valence-electron chi connectivity index (χ2n) is 4.28. The van der Waals surface area contributed by atoms with Gasteiger partial charge >= 0.3 is 0 Å². The lowest BCUT2D eigenvalue weighted by Crippen LogP contribution is -2.27. The lowest BCUT2D eigenvalue weighted by atomic mass is 10.0. The molecule has 1 heterocycles. The van der Waals surface area contributed by atoms with Crippen molar-refractivity contribution in [2.75, 3.05) is 7.05 Å². The molecule has 2 rings (SSSR count). The number of nitrogens with zero attached hydrogens (tertiary/aromatic N) is 1. The fourth-order valence-electron chi connectivity index (χ4n) is 2.03. The average Bonchev–Trinajstić information content (AvgIpc) is 3.03. The predicted octanol–water partition coefficient (Wildman–Crippen LogP) is 2.77. The van der Waals surface area contributed by atoms with Gasteiger partial charge in [0.25, 0.3) is 0 Å². The van der Waals surface area contributed by atoms with Crippen molar-refractivity contribution < 1.29 is 0 Å². The fourth-order valence-corrected chi connectivity index (χ4v) is 2.44. The SMILES string of the molecule is CNC(CCc1cncc(Br)c1)C1CC1. The van der Waals surface area contributed by atoms with Gasteiger partial charge in [-0.15, -0.1) is 0 Å². The summed E-state index contributed by atoms with van der Waals surface area (Å²) in [5.41, 5.74) is 1.32. The fraction of sp³-hybridized carbons (Fsp3) is 0.583. The molecule has 1 N–H and O–H groups in total. The molecular weight excluding hydrogens is 252 g/mol. The zero-order valence-electron chi connectivity index (χ0n) is 9.04. The molecule has 0 aliphatic heterocycles. The highest BCUT2D eigenvalue weighted by atomic mass is 79.9. The zero-order valence-corrected chi connectivity index (χ0v) is 10.6. The van der Waals surface area contributed by atoms with Crippen molar-refractivity contribution in [3.8, 4) is 0 Å². The third kappa shape index (κ3) is 3.28. The standard InChI is InChI=1S/C12H17BrN2/c1-14-12(10-3-4-10)5-2-9-6-11(13)8-15-7-9/h6-8,10,12,14H,2-5H2,1H3. The molecule has 2 nitrogen and oxygen atoms in total. The summed E-state index contributed by atoms with van der Waals surface area (Å²) in [4.78, 5) is 4.18. The molecule has 0 bridgehead atoms. The van der Waals surface area contributed by atoms with Crippen LogP contribution < -0.4 is 5.32 Å². The van der Waals surface area contributed by atoms with E-state index in [2.05, 4.69) is 39.3 Å². The lowest BCUT2D eigenvalue weighted by molar-refractivity contribution is 0.470. The first-order valence-corrected chi connectivity index (χ1v) is 6.35. The summed E-state index contributed by atoms with van der Waals surface area (Å²) in [7, 11) is 2.07. The van der Waals surface area contributed by atoms with Gasteiger partial charge in [-0.05, 0) is 66.2 Å². The van der Waals surface area contributed by atoms with Crippen LogP contribution >= 0.6 is 15.9 Å². The van der Waals surface area contributed by atoms with Gasteiger partial charge in [-0.2, -0.15) is 0 Å². The Morgan fingerprint density at radius 2 is 2.33 bits per heavy atom. The predicted molar refractivity (Wildman–Crippen MR) is 65.8 cm³/mol. The Kier molecular flexibility index (Phi) is 3.76. The van der Waals surface area contributed by atoms with Crippen LogP contribution in [0, 0.1) is 5.92 Å². The van der Waals surface area contributed by atoms with Crippen LogP contribution in [0.2, 0.25) is 0 Å². The molecule has 1 aliphatic carbocycles. The van der Waals surface area contributed by atoms with E-state index in [-0.39, 0.29) is 0 Å². The molecule has 1 unspecified atom stereocenters. The van der Waals surface area contributed by atoms with E-state index in [0.29, 0.717) is 6.04 Å². The third-order valence-corrected chi connectivity index (χ3v) is 3.50. The zero-order chi connectivity index (χ0) is 10.7. The molecule has 3 heteroatoms. The lowest BCUT2D eigenvalue weighted by Gasteiger charge is -2.14. The summed E-state index contributed by atoms with van der Waals surface area (Å²) in [6.45, 7) is 0. The number of aryl methyl sites for hydroxylation is 1. The summed E-state index contributed by atoms with van der Waals surface area (Å²) in [6, 6.07) is 2.86. The maximum absolute atomic E-state index is 4.18. The van der Waals surface area contributed by atoms with Crippen LogP contribution in [0.5, 0.6) is 0 Å². The van der Waals surface area contributed by atoms with Gasteiger partial charge in [0, 0.05) is 22.9 Å². The minimum Gasteiger partial charge on any atom is -0.317 e. The van der Waals surface area contributed by atoms with Crippen LogP contribution in [-0.4, -0.2) is 18.1 Å². The van der Waals surface area contributed by atoms with Gasteiger partial charge in [-0.1, -0.05) is 0 Å². The highest BCUT2D eigenvalue weighted by Crippen LogP contribution is 2.34. The molecular formula is C12H17BrN2. The molecule has 0 saturated heterocycles. The molecule has 82 valence electrons. The second-order valence-corrected chi connectivity index (χ2v) is 5.20. The van der Waals surface area contributed by atoms with Crippen molar-refractivity contribution in [2.24, 2.45) is 5.92 Å². The van der Waals surface area contributed by atoms with Crippen molar-refractivity contribution in [1.29, 1.82) is 0 Å². The van der Waals surface area contributed by atoms with E-state index >= 15 is 0 Å². The first-order valence-electron chi connectivity index (χ1n) is 5.56. The molecule has 1 aliphatic rings. The molecule has 0 radical (unpaired) electrons. The van der Waals surface area contributed by atoms with Gasteiger partial charge in [-0.25, -0.2) is 0 Å². The summed E-state index contributed by atoms with van der Waals surface area (Å²) in [6.07, 6.45) is 8.95.